The molecule has 0 aromatic heterocycles. The van der Waals surface area contributed by atoms with Crippen LogP contribution < -0.4 is 5.32 Å². The molecule has 0 spiro atoms. The van der Waals surface area contributed by atoms with Gasteiger partial charge in [-0.3, -0.25) is 4.79 Å². The first-order chi connectivity index (χ1) is 7.72. The van der Waals surface area contributed by atoms with Crippen LogP contribution in [0.1, 0.15) is 32.1 Å². The molecule has 1 rings (SSSR count). The van der Waals surface area contributed by atoms with Crippen LogP contribution in [0.25, 0.3) is 0 Å². The van der Waals surface area contributed by atoms with Gasteiger partial charge >= 0.3 is 0 Å². The molecule has 4 nitrogen and oxygen atoms in total. The number of unbranched alkanes of at least 4 members (excludes halogenated alkanes) is 1. The molecule has 1 saturated heterocycles. The minimum Gasteiger partial charge on any atom is -0.396 e. The van der Waals surface area contributed by atoms with E-state index in [0.717, 1.165) is 25.9 Å². The van der Waals surface area contributed by atoms with Gasteiger partial charge in [-0.15, -0.1) is 0 Å². The van der Waals surface area contributed by atoms with Gasteiger partial charge in [0.25, 0.3) is 0 Å². The quantitative estimate of drug-likeness (QED) is 0.655. The van der Waals surface area contributed by atoms with Crippen molar-refractivity contribution in [3.05, 3.63) is 0 Å². The summed E-state index contributed by atoms with van der Waals surface area (Å²) in [6.45, 7) is 3.26. The normalized spacial score (nSPS) is 22.0. The van der Waals surface area contributed by atoms with Gasteiger partial charge in [0.05, 0.1) is 0 Å². The van der Waals surface area contributed by atoms with Crippen LogP contribution in [0.5, 0.6) is 0 Å². The molecule has 94 valence electrons. The van der Waals surface area contributed by atoms with Crippen LogP contribution in [0.4, 0.5) is 0 Å². The zero-order valence-electron chi connectivity index (χ0n) is 10.2. The zero-order chi connectivity index (χ0) is 11.8. The molecule has 4 heteroatoms. The number of rotatable bonds is 6. The zero-order valence-corrected chi connectivity index (χ0v) is 10.2. The monoisotopic (exact) mass is 228 g/mol. The number of aliphatic hydroxyl groups excluding tert-OH is 1. The smallest absolute Gasteiger partial charge is 0.220 e. The van der Waals surface area contributed by atoms with Gasteiger partial charge in [-0.2, -0.15) is 0 Å². The molecule has 1 atom stereocenters. The molecule has 1 aliphatic heterocycles. The summed E-state index contributed by atoms with van der Waals surface area (Å²) in [4.78, 5) is 13.8. The van der Waals surface area contributed by atoms with Crippen molar-refractivity contribution in [1.82, 2.24) is 10.2 Å². The van der Waals surface area contributed by atoms with E-state index in [1.807, 2.05) is 0 Å². The fraction of sp³-hybridized carbons (Fsp3) is 0.917. The van der Waals surface area contributed by atoms with E-state index in [2.05, 4.69) is 17.3 Å². The maximum absolute atomic E-state index is 11.4. The second-order valence-corrected chi connectivity index (χ2v) is 4.76. The Kier molecular flexibility index (Phi) is 6.42. The van der Waals surface area contributed by atoms with Gasteiger partial charge < -0.3 is 15.3 Å². The van der Waals surface area contributed by atoms with Crippen molar-refractivity contribution in [1.29, 1.82) is 0 Å². The van der Waals surface area contributed by atoms with Crippen molar-refractivity contribution in [2.45, 2.75) is 32.1 Å². The fourth-order valence-electron chi connectivity index (χ4n) is 2.18. The van der Waals surface area contributed by atoms with E-state index in [0.29, 0.717) is 12.3 Å². The van der Waals surface area contributed by atoms with Crippen LogP contribution >= 0.6 is 0 Å². The van der Waals surface area contributed by atoms with E-state index in [1.165, 1.54) is 19.4 Å². The van der Waals surface area contributed by atoms with Crippen molar-refractivity contribution in [2.75, 3.05) is 33.3 Å². The molecule has 1 amide bonds. The third-order valence-corrected chi connectivity index (χ3v) is 3.12. The molecular weight excluding hydrogens is 204 g/mol. The Morgan fingerprint density at radius 2 is 2.31 bits per heavy atom. The number of likely N-dealkylation sites (tertiary alicyclic amines) is 1. The summed E-state index contributed by atoms with van der Waals surface area (Å²) in [6, 6.07) is 0. The number of nitrogens with zero attached hydrogens (tertiary/aromatic N) is 1. The van der Waals surface area contributed by atoms with Crippen molar-refractivity contribution < 1.29 is 9.90 Å². The van der Waals surface area contributed by atoms with Crippen molar-refractivity contribution in [3.63, 3.8) is 0 Å². The molecule has 1 heterocycles. The second-order valence-electron chi connectivity index (χ2n) is 4.76. The van der Waals surface area contributed by atoms with Gasteiger partial charge in [-0.25, -0.2) is 0 Å². The highest BCUT2D eigenvalue weighted by Gasteiger charge is 2.17. The van der Waals surface area contributed by atoms with Gasteiger partial charge in [-0.1, -0.05) is 0 Å². The average Bonchev–Trinajstić information content (AvgIpc) is 2.27. The summed E-state index contributed by atoms with van der Waals surface area (Å²) in [6.07, 6.45) is 4.51. The molecule has 0 saturated carbocycles. The van der Waals surface area contributed by atoms with Crippen molar-refractivity contribution in [2.24, 2.45) is 5.92 Å². The Labute approximate surface area is 98.0 Å². The first-order valence-corrected chi connectivity index (χ1v) is 6.28. The number of carbonyl (C=O) groups is 1. The standard InChI is InChI=1S/C12H24N2O2/c1-14-7-4-5-11(10-14)9-13-12(16)6-2-3-8-15/h11,15H,2-10H2,1H3,(H,13,16). The minimum atomic E-state index is 0.127. The number of nitrogens with one attached hydrogen (secondary N) is 1. The predicted molar refractivity (Wildman–Crippen MR) is 64.2 cm³/mol. The predicted octanol–water partition coefficient (Wildman–Crippen LogP) is 0.607. The first kappa shape index (κ1) is 13.5. The van der Waals surface area contributed by atoms with E-state index >= 15 is 0 Å². The molecule has 0 aromatic rings. The lowest BCUT2D eigenvalue weighted by molar-refractivity contribution is -0.121. The third kappa shape index (κ3) is 5.47. The highest BCUT2D eigenvalue weighted by Crippen LogP contribution is 2.13. The summed E-state index contributed by atoms with van der Waals surface area (Å²) in [5.74, 6) is 0.738. The van der Waals surface area contributed by atoms with Crippen LogP contribution in [0.2, 0.25) is 0 Å². The first-order valence-electron chi connectivity index (χ1n) is 6.28. The largest absolute Gasteiger partial charge is 0.396 e. The van der Waals surface area contributed by atoms with E-state index in [4.69, 9.17) is 5.11 Å². The number of piperidine rings is 1. The van der Waals surface area contributed by atoms with Crippen LogP contribution in [-0.2, 0) is 4.79 Å². The van der Waals surface area contributed by atoms with Gasteiger partial charge in [-0.05, 0) is 45.2 Å². The molecule has 16 heavy (non-hydrogen) atoms. The molecular formula is C12H24N2O2. The van der Waals surface area contributed by atoms with E-state index < -0.39 is 0 Å². The van der Waals surface area contributed by atoms with Crippen molar-refractivity contribution >= 4 is 5.91 Å². The fourth-order valence-corrected chi connectivity index (χ4v) is 2.18. The van der Waals surface area contributed by atoms with E-state index in [1.54, 1.807) is 0 Å². The summed E-state index contributed by atoms with van der Waals surface area (Å²) >= 11 is 0. The number of hydrogen-bond donors (Lipinski definition) is 2. The Balaban J connectivity index is 2.06. The summed E-state index contributed by atoms with van der Waals surface area (Å²) < 4.78 is 0. The summed E-state index contributed by atoms with van der Waals surface area (Å²) in [7, 11) is 2.13. The number of carbonyl (C=O) groups excluding carboxylic acids is 1. The lowest BCUT2D eigenvalue weighted by Gasteiger charge is -2.29. The molecule has 1 aliphatic rings. The molecule has 0 aromatic carbocycles. The lowest BCUT2D eigenvalue weighted by Crippen LogP contribution is -2.39. The number of hydrogen-bond acceptors (Lipinski definition) is 3. The van der Waals surface area contributed by atoms with Crippen LogP contribution in [0.3, 0.4) is 0 Å². The molecule has 1 fully saturated rings. The molecule has 2 N–H and O–H groups in total. The van der Waals surface area contributed by atoms with Crippen LogP contribution in [0, 0.1) is 5.92 Å². The highest BCUT2D eigenvalue weighted by molar-refractivity contribution is 5.75. The van der Waals surface area contributed by atoms with Gasteiger partial charge in [0, 0.05) is 26.1 Å². The summed E-state index contributed by atoms with van der Waals surface area (Å²) in [5.41, 5.74) is 0. The summed E-state index contributed by atoms with van der Waals surface area (Å²) in [5, 5.41) is 11.6. The van der Waals surface area contributed by atoms with Gasteiger partial charge in [0.1, 0.15) is 0 Å². The van der Waals surface area contributed by atoms with Gasteiger partial charge in [0.15, 0.2) is 0 Å². The lowest BCUT2D eigenvalue weighted by atomic mass is 9.98. The van der Waals surface area contributed by atoms with E-state index in [-0.39, 0.29) is 12.5 Å². The van der Waals surface area contributed by atoms with Crippen LogP contribution in [0.15, 0.2) is 0 Å². The highest BCUT2D eigenvalue weighted by atomic mass is 16.2. The van der Waals surface area contributed by atoms with Crippen molar-refractivity contribution in [3.8, 4) is 0 Å². The molecule has 1 unspecified atom stereocenters. The van der Waals surface area contributed by atoms with E-state index in [9.17, 15) is 4.79 Å². The average molecular weight is 228 g/mol. The number of aliphatic hydroxyl groups is 1. The second kappa shape index (κ2) is 7.63. The molecule has 0 bridgehead atoms. The Bertz CT molecular complexity index is 209. The Morgan fingerprint density at radius 3 is 3.00 bits per heavy atom. The third-order valence-electron chi connectivity index (χ3n) is 3.12. The maximum atomic E-state index is 11.4. The molecule has 0 radical (unpaired) electrons. The minimum absolute atomic E-state index is 0.127. The Hall–Kier alpha value is -0.610. The SMILES string of the molecule is CN1CCCC(CNC(=O)CCCCO)C1. The molecule has 0 aliphatic carbocycles. The van der Waals surface area contributed by atoms with Crippen LogP contribution in [-0.4, -0.2) is 49.2 Å². The maximum Gasteiger partial charge on any atom is 0.220 e. The van der Waals surface area contributed by atoms with Gasteiger partial charge in [0.2, 0.25) is 5.91 Å². The Morgan fingerprint density at radius 1 is 1.50 bits per heavy atom. The number of amides is 1. The topological polar surface area (TPSA) is 52.6 Å².